The van der Waals surface area contributed by atoms with Gasteiger partial charge < -0.3 is 20.2 Å². The van der Waals surface area contributed by atoms with Crippen molar-refractivity contribution in [2.45, 2.75) is 51.0 Å². The van der Waals surface area contributed by atoms with E-state index in [1.165, 1.54) is 6.33 Å². The fraction of sp³-hybridized carbons (Fsp3) is 0.480. The molecule has 180 valence electrons. The third kappa shape index (κ3) is 2.79. The Morgan fingerprint density at radius 2 is 2.00 bits per heavy atom. The standard InChI is InChI=1S/C25H28N8O2/c1-14-4-20-27-13-28-32(20)11-18(14)29-23-26-10-19-21(30-23)33(15(2)31(19)3)25-8-16-5-17(9-25)7-24(6-16,12-25)22(34)35/h4,10-11,13,16-17H,2,5-9,12H2,1,3H3,(H,34,35)(H,26,29,30). The molecule has 0 spiro atoms. The molecule has 0 radical (unpaired) electrons. The van der Waals surface area contributed by atoms with Gasteiger partial charge in [-0.15, -0.1) is 0 Å². The van der Waals surface area contributed by atoms with E-state index in [1.54, 1.807) is 4.52 Å². The Kier molecular flexibility index (Phi) is 3.96. The van der Waals surface area contributed by atoms with E-state index in [2.05, 4.69) is 31.9 Å². The summed E-state index contributed by atoms with van der Waals surface area (Å²) < 4.78 is 1.71. The number of fused-ring (bicyclic) bond motifs is 2. The van der Waals surface area contributed by atoms with Crippen LogP contribution in [0.5, 0.6) is 0 Å². The van der Waals surface area contributed by atoms with E-state index < -0.39 is 11.4 Å². The van der Waals surface area contributed by atoms with Crippen LogP contribution in [0.4, 0.5) is 23.1 Å². The molecule has 2 atom stereocenters. The molecular formula is C25H28N8O2. The monoisotopic (exact) mass is 472 g/mol. The predicted molar refractivity (Wildman–Crippen MR) is 131 cm³/mol. The first-order valence-corrected chi connectivity index (χ1v) is 12.2. The molecule has 0 saturated heterocycles. The molecule has 4 aliphatic carbocycles. The first kappa shape index (κ1) is 20.7. The van der Waals surface area contributed by atoms with E-state index in [4.69, 9.17) is 4.98 Å². The van der Waals surface area contributed by atoms with E-state index in [0.29, 0.717) is 24.2 Å². The number of hydrogen-bond donors (Lipinski definition) is 2. The van der Waals surface area contributed by atoms with E-state index in [9.17, 15) is 9.90 Å². The number of hydrogen-bond acceptors (Lipinski definition) is 8. The number of aliphatic carboxylic acids is 1. The van der Waals surface area contributed by atoms with Gasteiger partial charge in [0.15, 0.2) is 11.5 Å². The Bertz CT molecular complexity index is 1400. The lowest BCUT2D eigenvalue weighted by Crippen LogP contribution is -2.64. The van der Waals surface area contributed by atoms with Crippen molar-refractivity contribution in [1.29, 1.82) is 0 Å². The average Bonchev–Trinajstić information content (AvgIpc) is 3.34. The van der Waals surface area contributed by atoms with Crippen molar-refractivity contribution >= 4 is 34.8 Å². The van der Waals surface area contributed by atoms with Gasteiger partial charge in [0.1, 0.15) is 17.8 Å². The number of aromatic nitrogens is 5. The molecule has 5 aliphatic rings. The zero-order chi connectivity index (χ0) is 24.1. The molecule has 0 amide bonds. The number of carboxylic acids is 1. The second-order valence-electron chi connectivity index (χ2n) is 11.0. The van der Waals surface area contributed by atoms with Crippen LogP contribution in [-0.4, -0.2) is 48.2 Å². The summed E-state index contributed by atoms with van der Waals surface area (Å²) in [7, 11) is 1.98. The summed E-state index contributed by atoms with van der Waals surface area (Å²) in [5.41, 5.74) is 2.62. The molecule has 2 N–H and O–H groups in total. The summed E-state index contributed by atoms with van der Waals surface area (Å²) in [6.07, 6.45) is 10.6. The molecule has 4 bridgehead atoms. The highest BCUT2D eigenvalue weighted by Gasteiger charge is 2.64. The van der Waals surface area contributed by atoms with Gasteiger partial charge in [0.05, 0.1) is 23.5 Å². The van der Waals surface area contributed by atoms with Crippen LogP contribution in [0.15, 0.2) is 37.2 Å². The maximum atomic E-state index is 12.5. The lowest BCUT2D eigenvalue weighted by molar-refractivity contribution is -0.166. The van der Waals surface area contributed by atoms with Crippen molar-refractivity contribution in [1.82, 2.24) is 24.6 Å². The summed E-state index contributed by atoms with van der Waals surface area (Å²) in [5, 5.41) is 17.8. The van der Waals surface area contributed by atoms with Gasteiger partial charge in [-0.2, -0.15) is 10.1 Å². The Hall–Kier alpha value is -3.69. The molecule has 8 rings (SSSR count). The largest absolute Gasteiger partial charge is 0.481 e. The second-order valence-corrected chi connectivity index (χ2v) is 11.0. The predicted octanol–water partition coefficient (Wildman–Crippen LogP) is 3.72. The number of nitrogens with zero attached hydrogens (tertiary/aromatic N) is 7. The summed E-state index contributed by atoms with van der Waals surface area (Å²) in [6.45, 7) is 6.42. The highest BCUT2D eigenvalue weighted by molar-refractivity contribution is 5.82. The maximum Gasteiger partial charge on any atom is 0.309 e. The van der Waals surface area contributed by atoms with Gasteiger partial charge in [-0.3, -0.25) is 4.79 Å². The number of carbonyl (C=O) groups is 1. The van der Waals surface area contributed by atoms with Crippen LogP contribution in [0.2, 0.25) is 0 Å². The quantitative estimate of drug-likeness (QED) is 0.587. The Morgan fingerprint density at radius 3 is 2.74 bits per heavy atom. The van der Waals surface area contributed by atoms with Gasteiger partial charge in [0.25, 0.3) is 0 Å². The molecule has 4 saturated carbocycles. The highest BCUT2D eigenvalue weighted by atomic mass is 16.4. The molecule has 1 aliphatic heterocycles. The minimum Gasteiger partial charge on any atom is -0.481 e. The number of aryl methyl sites for hydroxylation is 1. The minimum absolute atomic E-state index is 0.278. The number of anilines is 4. The lowest BCUT2D eigenvalue weighted by atomic mass is 9.46. The topological polar surface area (TPSA) is 112 Å². The van der Waals surface area contributed by atoms with Crippen LogP contribution < -0.4 is 15.1 Å². The summed E-state index contributed by atoms with van der Waals surface area (Å²) in [4.78, 5) is 30.5. The highest BCUT2D eigenvalue weighted by Crippen LogP contribution is 2.65. The van der Waals surface area contributed by atoms with Crippen molar-refractivity contribution in [3.8, 4) is 0 Å². The molecule has 3 aromatic heterocycles. The summed E-state index contributed by atoms with van der Waals surface area (Å²) in [6, 6.07) is 1.96. The van der Waals surface area contributed by atoms with E-state index in [0.717, 1.165) is 66.3 Å². The third-order valence-electron chi connectivity index (χ3n) is 8.80. The van der Waals surface area contributed by atoms with Crippen molar-refractivity contribution in [3.63, 3.8) is 0 Å². The van der Waals surface area contributed by atoms with Gasteiger partial charge in [-0.25, -0.2) is 14.5 Å². The fourth-order valence-corrected chi connectivity index (χ4v) is 7.67. The first-order valence-electron chi connectivity index (χ1n) is 12.2. The van der Waals surface area contributed by atoms with E-state index in [1.807, 2.05) is 37.3 Å². The van der Waals surface area contributed by atoms with Crippen LogP contribution in [0.25, 0.3) is 5.65 Å². The molecule has 3 aromatic rings. The molecular weight excluding hydrogens is 444 g/mol. The van der Waals surface area contributed by atoms with Crippen LogP contribution in [0.3, 0.4) is 0 Å². The number of rotatable bonds is 4. The summed E-state index contributed by atoms with van der Waals surface area (Å²) >= 11 is 0. The molecule has 10 nitrogen and oxygen atoms in total. The normalized spacial score (nSPS) is 30.9. The van der Waals surface area contributed by atoms with Crippen molar-refractivity contribution < 1.29 is 9.90 Å². The van der Waals surface area contributed by atoms with Gasteiger partial charge in [0.2, 0.25) is 5.95 Å². The summed E-state index contributed by atoms with van der Waals surface area (Å²) in [5.74, 6) is 2.36. The molecule has 10 heteroatoms. The Morgan fingerprint density at radius 1 is 1.23 bits per heavy atom. The minimum atomic E-state index is -0.640. The second kappa shape index (κ2) is 6.71. The van der Waals surface area contributed by atoms with Gasteiger partial charge in [-0.05, 0) is 68.9 Å². The Labute approximate surface area is 202 Å². The third-order valence-corrected chi connectivity index (χ3v) is 8.80. The number of nitrogens with one attached hydrogen (secondary N) is 1. The zero-order valence-electron chi connectivity index (χ0n) is 19.9. The number of carboxylic acid groups (broad SMARTS) is 1. The average molecular weight is 473 g/mol. The maximum absolute atomic E-state index is 12.5. The smallest absolute Gasteiger partial charge is 0.309 e. The molecule has 35 heavy (non-hydrogen) atoms. The SMILES string of the molecule is C=C1N(C)c2cnc(Nc3cn4ncnc4cc3C)nc2N1C12CC3CC(CC(C(=O)O)(C3)C1)C2. The molecule has 2 unspecified atom stereocenters. The first-order chi connectivity index (χ1) is 16.8. The number of pyridine rings is 1. The van der Waals surface area contributed by atoms with Crippen LogP contribution in [0, 0.1) is 24.2 Å². The lowest BCUT2D eigenvalue weighted by Gasteiger charge is -2.63. The van der Waals surface area contributed by atoms with E-state index in [-0.39, 0.29) is 5.54 Å². The van der Waals surface area contributed by atoms with Crippen LogP contribution in [0.1, 0.15) is 44.1 Å². The van der Waals surface area contributed by atoms with Gasteiger partial charge in [-0.1, -0.05) is 6.58 Å². The van der Waals surface area contributed by atoms with Crippen LogP contribution >= 0.6 is 0 Å². The van der Waals surface area contributed by atoms with E-state index >= 15 is 0 Å². The van der Waals surface area contributed by atoms with Gasteiger partial charge >= 0.3 is 5.97 Å². The fourth-order valence-electron chi connectivity index (χ4n) is 7.67. The van der Waals surface area contributed by atoms with Gasteiger partial charge in [0, 0.05) is 12.6 Å². The molecule has 4 fully saturated rings. The van der Waals surface area contributed by atoms with Crippen molar-refractivity contribution in [2.24, 2.45) is 17.3 Å². The van der Waals surface area contributed by atoms with Crippen molar-refractivity contribution in [3.05, 3.63) is 42.8 Å². The molecule has 4 heterocycles. The Balaban J connectivity index is 1.29. The van der Waals surface area contributed by atoms with Crippen LogP contribution in [-0.2, 0) is 4.79 Å². The zero-order valence-corrected chi connectivity index (χ0v) is 19.9. The molecule has 0 aromatic carbocycles. The van der Waals surface area contributed by atoms with Crippen molar-refractivity contribution in [2.75, 3.05) is 22.2 Å².